The lowest BCUT2D eigenvalue weighted by Crippen LogP contribution is -2.38. The number of H-pyrrole nitrogens is 1. The molecular formula is C17H17N3O3S. The van der Waals surface area contributed by atoms with Gasteiger partial charge in [-0.15, -0.1) is 11.3 Å². The van der Waals surface area contributed by atoms with Gasteiger partial charge in [-0.25, -0.2) is 4.98 Å². The molecule has 0 spiro atoms. The van der Waals surface area contributed by atoms with Gasteiger partial charge in [0.25, 0.3) is 11.5 Å². The minimum Gasteiger partial charge on any atom is -0.383 e. The highest BCUT2D eigenvalue weighted by atomic mass is 32.1. The van der Waals surface area contributed by atoms with Gasteiger partial charge in [0, 0.05) is 10.4 Å². The number of amides is 1. The molecule has 7 heteroatoms. The van der Waals surface area contributed by atoms with Crippen LogP contribution in [0.5, 0.6) is 0 Å². The molecule has 0 bridgehead atoms. The summed E-state index contributed by atoms with van der Waals surface area (Å²) in [5.74, 6) is 0.166. The Morgan fingerprint density at radius 3 is 2.92 bits per heavy atom. The third-order valence-electron chi connectivity index (χ3n) is 3.73. The van der Waals surface area contributed by atoms with Crippen molar-refractivity contribution in [1.82, 2.24) is 15.3 Å². The molecule has 3 rings (SSSR count). The number of aliphatic hydroxyl groups is 1. The Bertz CT molecular complexity index is 945. The summed E-state index contributed by atoms with van der Waals surface area (Å²) >= 11 is 1.43. The Labute approximate surface area is 142 Å². The SMILES string of the molecule is Cc1nc2cc(C(=O)NCC(C)(O)c3cccs3)ccc2c(=O)[nH]1. The summed E-state index contributed by atoms with van der Waals surface area (Å²) in [6.07, 6.45) is 0. The quantitative estimate of drug-likeness (QED) is 0.674. The summed E-state index contributed by atoms with van der Waals surface area (Å²) in [6.45, 7) is 3.43. The molecule has 0 saturated carbocycles. The highest BCUT2D eigenvalue weighted by Gasteiger charge is 2.25. The molecule has 0 aliphatic carbocycles. The van der Waals surface area contributed by atoms with Crippen molar-refractivity contribution < 1.29 is 9.90 Å². The zero-order chi connectivity index (χ0) is 17.3. The van der Waals surface area contributed by atoms with Gasteiger partial charge in [0.15, 0.2) is 0 Å². The smallest absolute Gasteiger partial charge is 0.258 e. The van der Waals surface area contributed by atoms with E-state index < -0.39 is 5.60 Å². The van der Waals surface area contributed by atoms with Crippen LogP contribution in [-0.2, 0) is 5.60 Å². The number of nitrogens with one attached hydrogen (secondary N) is 2. The Balaban J connectivity index is 1.80. The van der Waals surface area contributed by atoms with Gasteiger partial charge in [-0.1, -0.05) is 6.07 Å². The van der Waals surface area contributed by atoms with Gasteiger partial charge in [-0.2, -0.15) is 0 Å². The van der Waals surface area contributed by atoms with Gasteiger partial charge < -0.3 is 15.4 Å². The Kier molecular flexibility index (Phi) is 4.21. The Morgan fingerprint density at radius 1 is 1.42 bits per heavy atom. The fraction of sp³-hybridized carbons (Fsp3) is 0.235. The summed E-state index contributed by atoms with van der Waals surface area (Å²) in [4.78, 5) is 31.8. The number of rotatable bonds is 4. The minimum absolute atomic E-state index is 0.0895. The maximum absolute atomic E-state index is 12.3. The topological polar surface area (TPSA) is 95.1 Å². The van der Waals surface area contributed by atoms with E-state index in [1.54, 1.807) is 32.0 Å². The van der Waals surface area contributed by atoms with E-state index in [4.69, 9.17) is 0 Å². The van der Waals surface area contributed by atoms with Crippen LogP contribution >= 0.6 is 11.3 Å². The normalized spacial score (nSPS) is 13.6. The second-order valence-corrected chi connectivity index (χ2v) is 6.76. The van der Waals surface area contributed by atoms with Crippen LogP contribution in [0.15, 0.2) is 40.5 Å². The first-order valence-electron chi connectivity index (χ1n) is 7.42. The van der Waals surface area contributed by atoms with E-state index in [2.05, 4.69) is 15.3 Å². The van der Waals surface area contributed by atoms with Crippen molar-refractivity contribution in [2.45, 2.75) is 19.4 Å². The summed E-state index contributed by atoms with van der Waals surface area (Å²) in [7, 11) is 0. The summed E-state index contributed by atoms with van der Waals surface area (Å²) < 4.78 is 0. The van der Waals surface area contributed by atoms with Crippen LogP contribution < -0.4 is 10.9 Å². The predicted octanol–water partition coefficient (Wildman–Crippen LogP) is 1.93. The van der Waals surface area contributed by atoms with Crippen molar-refractivity contribution in [3.05, 3.63) is 62.3 Å². The molecule has 6 nitrogen and oxygen atoms in total. The van der Waals surface area contributed by atoms with E-state index in [1.807, 2.05) is 17.5 Å². The molecular weight excluding hydrogens is 326 g/mol. The Morgan fingerprint density at radius 2 is 2.21 bits per heavy atom. The van der Waals surface area contributed by atoms with E-state index in [1.165, 1.54) is 11.3 Å². The molecule has 3 aromatic rings. The van der Waals surface area contributed by atoms with Gasteiger partial charge in [0.1, 0.15) is 11.4 Å². The fourth-order valence-corrected chi connectivity index (χ4v) is 3.21. The van der Waals surface area contributed by atoms with Crippen molar-refractivity contribution >= 4 is 28.1 Å². The van der Waals surface area contributed by atoms with E-state index >= 15 is 0 Å². The zero-order valence-corrected chi connectivity index (χ0v) is 14.1. The zero-order valence-electron chi connectivity index (χ0n) is 13.3. The molecule has 2 aromatic heterocycles. The largest absolute Gasteiger partial charge is 0.383 e. The molecule has 1 unspecified atom stereocenters. The van der Waals surface area contributed by atoms with E-state index in [-0.39, 0.29) is 18.0 Å². The summed E-state index contributed by atoms with van der Waals surface area (Å²) in [5, 5.41) is 15.5. The highest BCUT2D eigenvalue weighted by molar-refractivity contribution is 7.10. The van der Waals surface area contributed by atoms with Crippen LogP contribution in [0.4, 0.5) is 0 Å². The van der Waals surface area contributed by atoms with E-state index in [0.29, 0.717) is 22.3 Å². The standard InChI is InChI=1S/C17H17N3O3S/c1-10-19-13-8-11(5-6-12(13)16(22)20-10)15(21)18-9-17(2,23)14-4-3-7-24-14/h3-8,23H,9H2,1-2H3,(H,18,21)(H,19,20,22). The molecule has 1 aromatic carbocycles. The van der Waals surface area contributed by atoms with Crippen molar-refractivity contribution in [2.24, 2.45) is 0 Å². The number of aryl methyl sites for hydroxylation is 1. The number of carbonyl (C=O) groups excluding carboxylic acids is 1. The number of nitrogens with zero attached hydrogens (tertiary/aromatic N) is 1. The van der Waals surface area contributed by atoms with Crippen LogP contribution in [0.25, 0.3) is 10.9 Å². The average Bonchev–Trinajstić information content (AvgIpc) is 3.07. The van der Waals surface area contributed by atoms with E-state index in [9.17, 15) is 14.7 Å². The van der Waals surface area contributed by atoms with E-state index in [0.717, 1.165) is 4.88 Å². The van der Waals surface area contributed by atoms with Crippen LogP contribution in [0, 0.1) is 6.92 Å². The molecule has 124 valence electrons. The van der Waals surface area contributed by atoms with Crippen LogP contribution in [0.3, 0.4) is 0 Å². The molecule has 0 radical (unpaired) electrons. The maximum atomic E-state index is 12.3. The first-order chi connectivity index (χ1) is 11.4. The number of aromatic amines is 1. The summed E-state index contributed by atoms with van der Waals surface area (Å²) in [5.41, 5.74) is -0.506. The van der Waals surface area contributed by atoms with Crippen LogP contribution in [-0.4, -0.2) is 27.5 Å². The van der Waals surface area contributed by atoms with Crippen LogP contribution in [0.2, 0.25) is 0 Å². The van der Waals surface area contributed by atoms with Crippen molar-refractivity contribution in [3.8, 4) is 0 Å². The monoisotopic (exact) mass is 343 g/mol. The fourth-order valence-electron chi connectivity index (χ4n) is 2.42. The third kappa shape index (κ3) is 3.22. The second kappa shape index (κ2) is 6.18. The molecule has 24 heavy (non-hydrogen) atoms. The lowest BCUT2D eigenvalue weighted by molar-refractivity contribution is 0.0557. The number of carbonyl (C=O) groups is 1. The molecule has 3 N–H and O–H groups in total. The van der Waals surface area contributed by atoms with Gasteiger partial charge in [0.05, 0.1) is 17.4 Å². The number of fused-ring (bicyclic) bond motifs is 1. The molecule has 0 fully saturated rings. The van der Waals surface area contributed by atoms with Gasteiger partial charge in [-0.05, 0) is 43.5 Å². The highest BCUT2D eigenvalue weighted by Crippen LogP contribution is 2.24. The van der Waals surface area contributed by atoms with Gasteiger partial charge >= 0.3 is 0 Å². The van der Waals surface area contributed by atoms with Crippen molar-refractivity contribution in [3.63, 3.8) is 0 Å². The number of hydrogen-bond acceptors (Lipinski definition) is 5. The number of benzene rings is 1. The average molecular weight is 343 g/mol. The second-order valence-electron chi connectivity index (χ2n) is 5.82. The molecule has 1 amide bonds. The number of thiophene rings is 1. The predicted molar refractivity (Wildman–Crippen MR) is 93.3 cm³/mol. The van der Waals surface area contributed by atoms with Crippen molar-refractivity contribution in [1.29, 1.82) is 0 Å². The third-order valence-corrected chi connectivity index (χ3v) is 4.86. The first-order valence-corrected chi connectivity index (χ1v) is 8.30. The van der Waals surface area contributed by atoms with Gasteiger partial charge in [0.2, 0.25) is 0 Å². The first kappa shape index (κ1) is 16.4. The number of hydrogen-bond donors (Lipinski definition) is 3. The summed E-state index contributed by atoms with van der Waals surface area (Å²) in [6, 6.07) is 8.40. The molecule has 0 aliphatic rings. The lowest BCUT2D eigenvalue weighted by Gasteiger charge is -2.22. The minimum atomic E-state index is -1.13. The lowest BCUT2D eigenvalue weighted by atomic mass is 10.0. The molecule has 0 aliphatic heterocycles. The number of aromatic nitrogens is 2. The van der Waals surface area contributed by atoms with Crippen molar-refractivity contribution in [2.75, 3.05) is 6.54 Å². The molecule has 1 atom stereocenters. The van der Waals surface area contributed by atoms with Crippen LogP contribution in [0.1, 0.15) is 28.0 Å². The van der Waals surface area contributed by atoms with Gasteiger partial charge in [-0.3, -0.25) is 9.59 Å². The Hall–Kier alpha value is -2.51. The molecule has 2 heterocycles. The maximum Gasteiger partial charge on any atom is 0.258 e. The molecule has 0 saturated heterocycles.